The zero-order valence-corrected chi connectivity index (χ0v) is 9.85. The van der Waals surface area contributed by atoms with E-state index in [1.807, 2.05) is 0 Å². The second-order valence-electron chi connectivity index (χ2n) is 3.06. The predicted octanol–water partition coefficient (Wildman–Crippen LogP) is 1.90. The van der Waals surface area contributed by atoms with Crippen molar-refractivity contribution in [1.82, 2.24) is 10.1 Å². The summed E-state index contributed by atoms with van der Waals surface area (Å²) < 4.78 is 10.8. The molecule has 1 N–H and O–H groups in total. The van der Waals surface area contributed by atoms with Gasteiger partial charge in [-0.15, -0.1) is 0 Å². The fourth-order valence-corrected chi connectivity index (χ4v) is 1.70. The minimum Gasteiger partial charge on any atom is -0.484 e. The Morgan fingerprint density at radius 2 is 2.31 bits per heavy atom. The van der Waals surface area contributed by atoms with E-state index in [4.69, 9.17) is 9.84 Å². The molecule has 2 aromatic rings. The summed E-state index contributed by atoms with van der Waals surface area (Å²) in [5.74, 6) is 1.15. The van der Waals surface area contributed by atoms with Gasteiger partial charge in [0.25, 0.3) is 0 Å². The number of aromatic nitrogens is 2. The van der Waals surface area contributed by atoms with E-state index in [-0.39, 0.29) is 13.2 Å². The van der Waals surface area contributed by atoms with Gasteiger partial charge in [-0.3, -0.25) is 0 Å². The third-order valence-corrected chi connectivity index (χ3v) is 2.56. The number of hydrogen-bond acceptors (Lipinski definition) is 5. The SMILES string of the molecule is OCc1ccc(OCc2ncon2)c(Br)c1. The van der Waals surface area contributed by atoms with Crippen molar-refractivity contribution in [3.05, 3.63) is 40.5 Å². The van der Waals surface area contributed by atoms with Crippen LogP contribution in [0.4, 0.5) is 0 Å². The van der Waals surface area contributed by atoms with Crippen LogP contribution in [0.3, 0.4) is 0 Å². The molecular weight excluding hydrogens is 276 g/mol. The van der Waals surface area contributed by atoms with Crippen LogP contribution in [-0.2, 0) is 13.2 Å². The van der Waals surface area contributed by atoms with E-state index in [1.165, 1.54) is 6.39 Å². The molecule has 1 heterocycles. The Morgan fingerprint density at radius 3 is 2.94 bits per heavy atom. The number of hydrogen-bond donors (Lipinski definition) is 1. The van der Waals surface area contributed by atoms with Crippen LogP contribution >= 0.6 is 15.9 Å². The lowest BCUT2D eigenvalue weighted by molar-refractivity contribution is 0.278. The van der Waals surface area contributed by atoms with Crippen LogP contribution in [0.15, 0.2) is 33.6 Å². The van der Waals surface area contributed by atoms with Crippen molar-refractivity contribution in [1.29, 1.82) is 0 Å². The zero-order chi connectivity index (χ0) is 11.4. The summed E-state index contributed by atoms with van der Waals surface area (Å²) >= 11 is 3.35. The van der Waals surface area contributed by atoms with Crippen molar-refractivity contribution in [3.8, 4) is 5.75 Å². The van der Waals surface area contributed by atoms with Crippen molar-refractivity contribution < 1.29 is 14.4 Å². The first-order chi connectivity index (χ1) is 7.79. The fourth-order valence-electron chi connectivity index (χ4n) is 1.16. The third kappa shape index (κ3) is 2.59. The Morgan fingerprint density at radius 1 is 1.44 bits per heavy atom. The number of aliphatic hydroxyl groups is 1. The van der Waals surface area contributed by atoms with Crippen molar-refractivity contribution in [3.63, 3.8) is 0 Å². The van der Waals surface area contributed by atoms with Crippen LogP contribution in [0.25, 0.3) is 0 Å². The second kappa shape index (κ2) is 5.09. The lowest BCUT2D eigenvalue weighted by atomic mass is 10.2. The summed E-state index contributed by atoms with van der Waals surface area (Å²) in [6.45, 7) is 0.247. The minimum atomic E-state index is 0.00369. The summed E-state index contributed by atoms with van der Waals surface area (Å²) in [7, 11) is 0. The zero-order valence-electron chi connectivity index (χ0n) is 8.26. The monoisotopic (exact) mass is 284 g/mol. The standard InChI is InChI=1S/C10H9BrN2O3/c11-8-3-7(4-14)1-2-9(8)15-5-10-12-6-16-13-10/h1-3,6,14H,4-5H2. The van der Waals surface area contributed by atoms with Gasteiger partial charge >= 0.3 is 0 Å². The molecule has 0 unspecified atom stereocenters. The average Bonchev–Trinajstić information content (AvgIpc) is 2.80. The average molecular weight is 285 g/mol. The van der Waals surface area contributed by atoms with E-state index in [9.17, 15) is 0 Å². The number of nitrogens with zero attached hydrogens (tertiary/aromatic N) is 2. The fraction of sp³-hybridized carbons (Fsp3) is 0.200. The molecule has 0 spiro atoms. The Bertz CT molecular complexity index is 459. The van der Waals surface area contributed by atoms with Gasteiger partial charge in [0.15, 0.2) is 6.61 Å². The highest BCUT2D eigenvalue weighted by Gasteiger charge is 2.04. The van der Waals surface area contributed by atoms with Crippen molar-refractivity contribution in [2.24, 2.45) is 0 Å². The molecule has 0 amide bonds. The number of rotatable bonds is 4. The Balaban J connectivity index is 2.04. The van der Waals surface area contributed by atoms with Crippen molar-refractivity contribution >= 4 is 15.9 Å². The lowest BCUT2D eigenvalue weighted by Gasteiger charge is -2.06. The second-order valence-corrected chi connectivity index (χ2v) is 3.91. The van der Waals surface area contributed by atoms with Crippen LogP contribution < -0.4 is 4.74 Å². The van der Waals surface area contributed by atoms with Crippen LogP contribution in [0.2, 0.25) is 0 Å². The maximum Gasteiger partial charge on any atom is 0.213 e. The van der Waals surface area contributed by atoms with Gasteiger partial charge in [-0.05, 0) is 33.6 Å². The molecule has 0 fully saturated rings. The predicted molar refractivity (Wildman–Crippen MR) is 58.7 cm³/mol. The summed E-state index contributed by atoms with van der Waals surface area (Å²) in [6.07, 6.45) is 1.25. The lowest BCUT2D eigenvalue weighted by Crippen LogP contribution is -1.98. The highest BCUT2D eigenvalue weighted by atomic mass is 79.9. The quantitative estimate of drug-likeness (QED) is 0.929. The van der Waals surface area contributed by atoms with Gasteiger partial charge in [0, 0.05) is 0 Å². The smallest absolute Gasteiger partial charge is 0.213 e. The summed E-state index contributed by atoms with van der Waals surface area (Å²) in [5.41, 5.74) is 0.818. The van der Waals surface area contributed by atoms with Gasteiger partial charge in [-0.2, -0.15) is 4.98 Å². The Labute approximate surface area is 100 Å². The Hall–Kier alpha value is -1.40. The summed E-state index contributed by atoms with van der Waals surface area (Å²) in [4.78, 5) is 3.84. The van der Waals surface area contributed by atoms with E-state index in [1.54, 1.807) is 18.2 Å². The molecule has 0 aliphatic heterocycles. The molecule has 0 atom stereocenters. The highest BCUT2D eigenvalue weighted by Crippen LogP contribution is 2.26. The first-order valence-corrected chi connectivity index (χ1v) is 5.36. The van der Waals surface area contributed by atoms with E-state index in [0.29, 0.717) is 11.6 Å². The molecule has 6 heteroatoms. The minimum absolute atomic E-state index is 0.00369. The summed E-state index contributed by atoms with van der Waals surface area (Å²) in [5, 5.41) is 12.6. The third-order valence-electron chi connectivity index (χ3n) is 1.94. The van der Waals surface area contributed by atoms with Gasteiger partial charge in [0.1, 0.15) is 5.75 Å². The van der Waals surface area contributed by atoms with E-state index >= 15 is 0 Å². The molecule has 0 aliphatic rings. The number of ether oxygens (including phenoxy) is 1. The summed E-state index contributed by atoms with van der Waals surface area (Å²) in [6, 6.07) is 5.36. The van der Waals surface area contributed by atoms with Crippen LogP contribution in [0.5, 0.6) is 5.75 Å². The first kappa shape index (κ1) is 11.1. The van der Waals surface area contributed by atoms with Crippen LogP contribution in [0.1, 0.15) is 11.4 Å². The maximum absolute atomic E-state index is 8.94. The van der Waals surface area contributed by atoms with Crippen LogP contribution in [-0.4, -0.2) is 15.2 Å². The first-order valence-electron chi connectivity index (χ1n) is 4.57. The molecule has 0 aliphatic carbocycles. The largest absolute Gasteiger partial charge is 0.484 e. The highest BCUT2D eigenvalue weighted by molar-refractivity contribution is 9.10. The van der Waals surface area contributed by atoms with Gasteiger partial charge in [-0.1, -0.05) is 11.2 Å². The van der Waals surface area contributed by atoms with Gasteiger partial charge in [0.05, 0.1) is 11.1 Å². The molecule has 0 radical (unpaired) electrons. The number of benzene rings is 1. The molecule has 1 aromatic heterocycles. The van der Waals surface area contributed by atoms with Gasteiger partial charge in [-0.25, -0.2) is 0 Å². The van der Waals surface area contributed by atoms with E-state index in [2.05, 4.69) is 30.6 Å². The molecule has 0 saturated heterocycles. The molecule has 84 valence electrons. The van der Waals surface area contributed by atoms with Gasteiger partial charge < -0.3 is 14.4 Å². The maximum atomic E-state index is 8.94. The Kier molecular flexibility index (Phi) is 3.53. The number of halogens is 1. The molecule has 2 rings (SSSR count). The topological polar surface area (TPSA) is 68.4 Å². The van der Waals surface area contributed by atoms with E-state index < -0.39 is 0 Å². The van der Waals surface area contributed by atoms with Crippen LogP contribution in [0, 0.1) is 0 Å². The number of aliphatic hydroxyl groups excluding tert-OH is 1. The molecule has 0 bridgehead atoms. The normalized spacial score (nSPS) is 10.4. The van der Waals surface area contributed by atoms with E-state index in [0.717, 1.165) is 10.0 Å². The van der Waals surface area contributed by atoms with Crippen molar-refractivity contribution in [2.75, 3.05) is 0 Å². The molecule has 0 saturated carbocycles. The molecule has 1 aromatic carbocycles. The van der Waals surface area contributed by atoms with Gasteiger partial charge in [0.2, 0.25) is 12.2 Å². The molecule has 16 heavy (non-hydrogen) atoms. The molecule has 5 nitrogen and oxygen atoms in total. The van der Waals surface area contributed by atoms with Crippen molar-refractivity contribution in [2.45, 2.75) is 13.2 Å². The molecular formula is C10H9BrN2O3.